The van der Waals surface area contributed by atoms with Gasteiger partial charge in [0.2, 0.25) is 0 Å². The molecule has 2 aromatic carbocycles. The van der Waals surface area contributed by atoms with Crippen molar-refractivity contribution in [3.05, 3.63) is 70.8 Å². The van der Waals surface area contributed by atoms with Crippen LogP contribution in [0.3, 0.4) is 0 Å². The zero-order valence-corrected chi connectivity index (χ0v) is 17.3. The molecule has 0 unspecified atom stereocenters. The van der Waals surface area contributed by atoms with E-state index in [0.29, 0.717) is 25.0 Å². The van der Waals surface area contributed by atoms with Gasteiger partial charge in [-0.1, -0.05) is 17.7 Å². The van der Waals surface area contributed by atoms with E-state index in [9.17, 15) is 26.0 Å². The number of anilines is 1. The second kappa shape index (κ2) is 7.67. The molecule has 3 aromatic rings. The summed E-state index contributed by atoms with van der Waals surface area (Å²) >= 11 is 0. The van der Waals surface area contributed by atoms with Crippen molar-refractivity contribution in [2.75, 3.05) is 4.72 Å². The van der Waals surface area contributed by atoms with Gasteiger partial charge in [0.25, 0.3) is 10.0 Å². The lowest BCUT2D eigenvalue weighted by molar-refractivity contribution is -0.142. The number of hydrogen-bond acceptors (Lipinski definition) is 3. The molecule has 164 valence electrons. The lowest BCUT2D eigenvalue weighted by atomic mass is 9.95. The number of sulfonamides is 1. The summed E-state index contributed by atoms with van der Waals surface area (Å²) in [6.45, 7) is 1.80. The number of aryl methyl sites for hydroxylation is 1. The minimum Gasteiger partial charge on any atom is -0.277 e. The fraction of sp³-hybridized carbons (Fsp3) is 0.286. The lowest BCUT2D eigenvalue weighted by Gasteiger charge is -2.17. The number of rotatable bonds is 4. The van der Waals surface area contributed by atoms with E-state index in [4.69, 9.17) is 0 Å². The van der Waals surface area contributed by atoms with Crippen LogP contribution in [0.5, 0.6) is 0 Å². The minimum atomic E-state index is -4.64. The number of hydrogen-bond donors (Lipinski definition) is 1. The number of aromatic nitrogens is 2. The van der Waals surface area contributed by atoms with Crippen molar-refractivity contribution >= 4 is 15.7 Å². The molecular weight excluding hydrogens is 434 g/mol. The van der Waals surface area contributed by atoms with Crippen LogP contribution in [-0.4, -0.2) is 18.2 Å². The molecule has 0 aliphatic heterocycles. The maximum atomic E-state index is 14.0. The van der Waals surface area contributed by atoms with E-state index in [1.54, 1.807) is 19.1 Å². The summed E-state index contributed by atoms with van der Waals surface area (Å²) in [6, 6.07) is 9.24. The molecule has 0 radical (unpaired) electrons. The van der Waals surface area contributed by atoms with Crippen LogP contribution in [0.15, 0.2) is 47.4 Å². The molecule has 0 fully saturated rings. The topological polar surface area (TPSA) is 64.0 Å². The Bertz CT molecular complexity index is 1230. The van der Waals surface area contributed by atoms with Crippen molar-refractivity contribution in [3.8, 4) is 5.69 Å². The molecular formula is C21H19F4N3O2S. The van der Waals surface area contributed by atoms with E-state index in [2.05, 4.69) is 9.82 Å². The van der Waals surface area contributed by atoms with E-state index in [1.165, 1.54) is 18.2 Å². The van der Waals surface area contributed by atoms with Crippen molar-refractivity contribution in [1.29, 1.82) is 0 Å². The van der Waals surface area contributed by atoms with E-state index < -0.39 is 27.7 Å². The van der Waals surface area contributed by atoms with Crippen LogP contribution < -0.4 is 4.72 Å². The first kappa shape index (κ1) is 21.4. The Morgan fingerprint density at radius 2 is 1.71 bits per heavy atom. The summed E-state index contributed by atoms with van der Waals surface area (Å²) in [5.41, 5.74) is 0.180. The van der Waals surface area contributed by atoms with Gasteiger partial charge in [-0.2, -0.15) is 18.3 Å². The van der Waals surface area contributed by atoms with E-state index in [0.717, 1.165) is 22.4 Å². The minimum absolute atomic E-state index is 0.0331. The van der Waals surface area contributed by atoms with Crippen LogP contribution in [0, 0.1) is 12.7 Å². The first-order valence-electron chi connectivity index (χ1n) is 9.63. The lowest BCUT2D eigenvalue weighted by Crippen LogP contribution is -2.16. The standard InChI is InChI=1S/C21H19F4N3O2S/c1-13-6-9-15(10-7-13)31(29,30)27-17-12-14(22)8-11-19(17)28-18-5-3-2-4-16(18)20(26-28)21(23,24)25/h6-12,27H,2-5H2,1H3. The highest BCUT2D eigenvalue weighted by molar-refractivity contribution is 7.92. The third-order valence-corrected chi connectivity index (χ3v) is 6.59. The molecule has 0 spiro atoms. The first-order chi connectivity index (χ1) is 14.6. The number of benzene rings is 2. The smallest absolute Gasteiger partial charge is 0.277 e. The zero-order valence-electron chi connectivity index (χ0n) is 16.5. The molecule has 0 saturated carbocycles. The predicted octanol–water partition coefficient (Wildman–Crippen LogP) is 5.02. The largest absolute Gasteiger partial charge is 0.435 e. The molecule has 1 heterocycles. The van der Waals surface area contributed by atoms with Crippen LogP contribution in [0.25, 0.3) is 5.69 Å². The molecule has 1 N–H and O–H groups in total. The van der Waals surface area contributed by atoms with Crippen LogP contribution in [0.1, 0.15) is 35.4 Å². The monoisotopic (exact) mass is 453 g/mol. The summed E-state index contributed by atoms with van der Waals surface area (Å²) < 4.78 is 83.7. The molecule has 0 bridgehead atoms. The van der Waals surface area contributed by atoms with Gasteiger partial charge in [-0.25, -0.2) is 17.5 Å². The van der Waals surface area contributed by atoms with Gasteiger partial charge < -0.3 is 0 Å². The van der Waals surface area contributed by atoms with Crippen LogP contribution in [0.2, 0.25) is 0 Å². The van der Waals surface area contributed by atoms with Crippen LogP contribution in [0.4, 0.5) is 23.2 Å². The highest BCUT2D eigenvalue weighted by atomic mass is 32.2. The number of alkyl halides is 3. The molecule has 1 aromatic heterocycles. The molecule has 4 rings (SSSR count). The third kappa shape index (κ3) is 4.16. The Kier molecular flexibility index (Phi) is 5.28. The van der Waals surface area contributed by atoms with Gasteiger partial charge in [0.15, 0.2) is 5.69 Å². The number of nitrogens with one attached hydrogen (secondary N) is 1. The molecule has 31 heavy (non-hydrogen) atoms. The molecule has 10 heteroatoms. The number of nitrogens with zero attached hydrogens (tertiary/aromatic N) is 2. The van der Waals surface area contributed by atoms with E-state index in [1.807, 2.05) is 0 Å². The van der Waals surface area contributed by atoms with E-state index >= 15 is 0 Å². The average molecular weight is 453 g/mol. The Morgan fingerprint density at radius 1 is 1.03 bits per heavy atom. The quantitative estimate of drug-likeness (QED) is 0.565. The summed E-state index contributed by atoms with van der Waals surface area (Å²) in [5, 5.41) is 3.77. The van der Waals surface area contributed by atoms with Gasteiger partial charge >= 0.3 is 6.18 Å². The van der Waals surface area contributed by atoms with Gasteiger partial charge in [0.1, 0.15) is 5.82 Å². The fourth-order valence-corrected chi connectivity index (χ4v) is 4.79. The zero-order chi connectivity index (χ0) is 22.4. The Morgan fingerprint density at radius 3 is 2.39 bits per heavy atom. The van der Waals surface area contributed by atoms with Gasteiger partial charge in [0.05, 0.1) is 16.3 Å². The highest BCUT2D eigenvalue weighted by Gasteiger charge is 2.40. The Hall–Kier alpha value is -2.88. The highest BCUT2D eigenvalue weighted by Crippen LogP contribution is 2.38. The molecule has 0 amide bonds. The first-order valence-corrected chi connectivity index (χ1v) is 11.1. The predicted molar refractivity (Wildman–Crippen MR) is 107 cm³/mol. The molecule has 0 saturated heterocycles. The van der Waals surface area contributed by atoms with Crippen LogP contribution >= 0.6 is 0 Å². The van der Waals surface area contributed by atoms with Gasteiger partial charge in [0, 0.05) is 17.3 Å². The second-order valence-electron chi connectivity index (χ2n) is 7.47. The summed E-state index contributed by atoms with van der Waals surface area (Å²) in [7, 11) is -4.10. The second-order valence-corrected chi connectivity index (χ2v) is 9.15. The summed E-state index contributed by atoms with van der Waals surface area (Å²) in [6.07, 6.45) is -2.76. The summed E-state index contributed by atoms with van der Waals surface area (Å²) in [5.74, 6) is -0.734. The maximum absolute atomic E-state index is 14.0. The van der Waals surface area contributed by atoms with Gasteiger partial charge in [-0.05, 0) is 56.9 Å². The fourth-order valence-electron chi connectivity index (χ4n) is 3.72. The molecule has 1 aliphatic rings. The third-order valence-electron chi connectivity index (χ3n) is 5.21. The van der Waals surface area contributed by atoms with Crippen molar-refractivity contribution in [2.45, 2.75) is 43.7 Å². The number of fused-ring (bicyclic) bond motifs is 1. The van der Waals surface area contributed by atoms with Gasteiger partial charge in [-0.3, -0.25) is 4.72 Å². The molecule has 5 nitrogen and oxygen atoms in total. The SMILES string of the molecule is Cc1ccc(S(=O)(=O)Nc2cc(F)ccc2-n2nc(C(F)(F)F)c3c2CCCC3)cc1. The van der Waals surface area contributed by atoms with Crippen molar-refractivity contribution in [2.24, 2.45) is 0 Å². The Balaban J connectivity index is 1.83. The van der Waals surface area contributed by atoms with Crippen LogP contribution in [-0.2, 0) is 29.0 Å². The summed E-state index contributed by atoms with van der Waals surface area (Å²) in [4.78, 5) is -0.0493. The van der Waals surface area contributed by atoms with Crippen molar-refractivity contribution in [3.63, 3.8) is 0 Å². The normalized spacial score (nSPS) is 14.4. The Labute approximate surface area is 176 Å². The maximum Gasteiger partial charge on any atom is 0.435 e. The average Bonchev–Trinajstić information content (AvgIpc) is 3.08. The van der Waals surface area contributed by atoms with E-state index in [-0.39, 0.29) is 28.3 Å². The molecule has 0 atom stereocenters. The van der Waals surface area contributed by atoms with Crippen molar-refractivity contribution < 1.29 is 26.0 Å². The number of halogens is 4. The van der Waals surface area contributed by atoms with Crippen molar-refractivity contribution in [1.82, 2.24) is 9.78 Å². The van der Waals surface area contributed by atoms with Gasteiger partial charge in [-0.15, -0.1) is 0 Å². The molecule has 1 aliphatic carbocycles.